The molecule has 1 aliphatic heterocycles. The molecule has 1 aromatic rings. The summed E-state index contributed by atoms with van der Waals surface area (Å²) in [5.41, 5.74) is -1.75. The maximum absolute atomic E-state index is 14.1. The molecule has 1 aliphatic carbocycles. The molecule has 21 heavy (non-hydrogen) atoms. The molecule has 1 spiro atoms. The number of aromatic nitrogens is 2. The Morgan fingerprint density at radius 3 is 2.52 bits per heavy atom. The number of piperidine rings is 1. The minimum atomic E-state index is -2.86. The van der Waals surface area contributed by atoms with Gasteiger partial charge in [-0.05, 0) is 19.3 Å². The third kappa shape index (κ3) is 2.35. The van der Waals surface area contributed by atoms with Gasteiger partial charge >= 0.3 is 0 Å². The molecule has 0 atom stereocenters. The number of hydrogen-bond acceptors (Lipinski definition) is 4. The van der Waals surface area contributed by atoms with Gasteiger partial charge in [-0.2, -0.15) is 0 Å². The fraction of sp³-hybridized carbons (Fsp3) is 0.692. The summed E-state index contributed by atoms with van der Waals surface area (Å²) < 4.78 is 53.6. The lowest BCUT2D eigenvalue weighted by Gasteiger charge is -2.39. The van der Waals surface area contributed by atoms with Crippen LogP contribution in [0.15, 0.2) is 6.20 Å². The van der Waals surface area contributed by atoms with E-state index < -0.39 is 36.6 Å². The van der Waals surface area contributed by atoms with Crippen LogP contribution in [0.4, 0.5) is 23.4 Å². The molecule has 1 saturated heterocycles. The minimum absolute atomic E-state index is 0.110. The van der Waals surface area contributed by atoms with Crippen molar-refractivity contribution in [2.45, 2.75) is 38.2 Å². The monoisotopic (exact) mass is 305 g/mol. The van der Waals surface area contributed by atoms with Gasteiger partial charge in [0.2, 0.25) is 0 Å². The van der Waals surface area contributed by atoms with E-state index in [0.29, 0.717) is 25.8 Å². The molecule has 1 saturated carbocycles. The van der Waals surface area contributed by atoms with Gasteiger partial charge in [-0.3, -0.25) is 0 Å². The van der Waals surface area contributed by atoms with Crippen molar-refractivity contribution in [2.75, 3.05) is 18.0 Å². The number of halogens is 4. The van der Waals surface area contributed by atoms with Gasteiger partial charge in [-0.1, -0.05) is 0 Å². The van der Waals surface area contributed by atoms with E-state index in [9.17, 15) is 17.6 Å². The van der Waals surface area contributed by atoms with E-state index in [0.717, 1.165) is 6.20 Å². The third-order valence-electron chi connectivity index (χ3n) is 4.42. The SMILES string of the molecule is OCc1nc(N2CCC3(CC3)C(F)(F)C2)cnc1C(F)F. The molecule has 0 radical (unpaired) electrons. The maximum Gasteiger partial charge on any atom is 0.282 e. The Bertz CT molecular complexity index is 548. The van der Waals surface area contributed by atoms with E-state index in [-0.39, 0.29) is 11.5 Å². The van der Waals surface area contributed by atoms with E-state index in [1.54, 1.807) is 0 Å². The number of anilines is 1. The summed E-state index contributed by atoms with van der Waals surface area (Å²) in [5, 5.41) is 9.08. The largest absolute Gasteiger partial charge is 0.390 e. The molecule has 8 heteroatoms. The van der Waals surface area contributed by atoms with Crippen molar-refractivity contribution in [2.24, 2.45) is 5.41 Å². The summed E-state index contributed by atoms with van der Waals surface area (Å²) >= 11 is 0. The van der Waals surface area contributed by atoms with E-state index >= 15 is 0 Å². The van der Waals surface area contributed by atoms with Gasteiger partial charge in [-0.15, -0.1) is 0 Å². The molecule has 0 bridgehead atoms. The van der Waals surface area contributed by atoms with Gasteiger partial charge in [0.05, 0.1) is 25.0 Å². The van der Waals surface area contributed by atoms with Gasteiger partial charge in [0.25, 0.3) is 12.3 Å². The Morgan fingerprint density at radius 2 is 2.00 bits per heavy atom. The van der Waals surface area contributed by atoms with Crippen LogP contribution in [0.3, 0.4) is 0 Å². The first kappa shape index (κ1) is 14.5. The smallest absolute Gasteiger partial charge is 0.282 e. The molecule has 1 N–H and O–H groups in total. The summed E-state index contributed by atoms with van der Waals surface area (Å²) in [6, 6.07) is 0. The Balaban J connectivity index is 1.84. The van der Waals surface area contributed by atoms with E-state index in [2.05, 4.69) is 9.97 Å². The molecule has 0 unspecified atom stereocenters. The molecule has 2 aliphatic rings. The van der Waals surface area contributed by atoms with E-state index in [4.69, 9.17) is 5.11 Å². The Hall–Kier alpha value is -1.44. The summed E-state index contributed by atoms with van der Waals surface area (Å²) in [6.45, 7) is -0.793. The Kier molecular flexibility index (Phi) is 3.31. The third-order valence-corrected chi connectivity index (χ3v) is 4.42. The van der Waals surface area contributed by atoms with Crippen LogP contribution in [-0.2, 0) is 6.61 Å². The zero-order valence-corrected chi connectivity index (χ0v) is 11.2. The lowest BCUT2D eigenvalue weighted by atomic mass is 9.89. The van der Waals surface area contributed by atoms with Crippen molar-refractivity contribution in [3.8, 4) is 0 Å². The van der Waals surface area contributed by atoms with Crippen molar-refractivity contribution in [1.82, 2.24) is 9.97 Å². The van der Waals surface area contributed by atoms with Crippen molar-refractivity contribution < 1.29 is 22.7 Å². The highest BCUT2D eigenvalue weighted by Gasteiger charge is 2.63. The van der Waals surface area contributed by atoms with Crippen LogP contribution >= 0.6 is 0 Å². The highest BCUT2D eigenvalue weighted by Crippen LogP contribution is 2.61. The van der Waals surface area contributed by atoms with Crippen LogP contribution in [0.5, 0.6) is 0 Å². The zero-order chi connectivity index (χ0) is 15.3. The van der Waals surface area contributed by atoms with Gasteiger partial charge in [0, 0.05) is 12.0 Å². The van der Waals surface area contributed by atoms with Gasteiger partial charge in [0.15, 0.2) is 0 Å². The predicted octanol–water partition coefficient (Wildman–Crippen LogP) is 2.53. The second-order valence-corrected chi connectivity index (χ2v) is 5.68. The Labute approximate surface area is 118 Å². The van der Waals surface area contributed by atoms with Crippen LogP contribution in [-0.4, -0.2) is 34.1 Å². The fourth-order valence-electron chi connectivity index (χ4n) is 2.86. The Morgan fingerprint density at radius 1 is 1.29 bits per heavy atom. The lowest BCUT2D eigenvalue weighted by molar-refractivity contribution is -0.0795. The maximum atomic E-state index is 14.1. The topological polar surface area (TPSA) is 49.3 Å². The van der Waals surface area contributed by atoms with Crippen LogP contribution in [0.25, 0.3) is 0 Å². The molecule has 3 rings (SSSR count). The zero-order valence-electron chi connectivity index (χ0n) is 11.2. The van der Waals surface area contributed by atoms with Gasteiger partial charge in [-0.25, -0.2) is 27.5 Å². The first-order valence-corrected chi connectivity index (χ1v) is 6.76. The van der Waals surface area contributed by atoms with Crippen LogP contribution in [0.2, 0.25) is 0 Å². The van der Waals surface area contributed by atoms with E-state index in [1.807, 2.05) is 0 Å². The van der Waals surface area contributed by atoms with Crippen molar-refractivity contribution in [1.29, 1.82) is 0 Å². The quantitative estimate of drug-likeness (QED) is 0.872. The number of aliphatic hydroxyl groups is 1. The van der Waals surface area contributed by atoms with E-state index in [1.165, 1.54) is 4.90 Å². The highest BCUT2D eigenvalue weighted by molar-refractivity contribution is 5.40. The van der Waals surface area contributed by atoms with Gasteiger partial charge in [0.1, 0.15) is 11.5 Å². The first-order chi connectivity index (χ1) is 9.88. The minimum Gasteiger partial charge on any atom is -0.390 e. The molecule has 1 aromatic heterocycles. The molecular formula is C13H15F4N3O. The second-order valence-electron chi connectivity index (χ2n) is 5.68. The van der Waals surface area contributed by atoms with Crippen LogP contribution in [0.1, 0.15) is 37.1 Å². The second kappa shape index (κ2) is 4.79. The van der Waals surface area contributed by atoms with Crippen molar-refractivity contribution in [3.05, 3.63) is 17.6 Å². The molecule has 4 nitrogen and oxygen atoms in total. The molecule has 116 valence electrons. The molecular weight excluding hydrogens is 290 g/mol. The first-order valence-electron chi connectivity index (χ1n) is 6.76. The number of rotatable bonds is 3. The lowest BCUT2D eigenvalue weighted by Crippen LogP contribution is -2.50. The van der Waals surface area contributed by atoms with Crippen LogP contribution < -0.4 is 4.90 Å². The molecule has 0 amide bonds. The number of hydrogen-bond donors (Lipinski definition) is 1. The van der Waals surface area contributed by atoms with Crippen LogP contribution in [0, 0.1) is 5.41 Å². The number of alkyl halides is 4. The number of aliphatic hydroxyl groups excluding tert-OH is 1. The van der Waals surface area contributed by atoms with Gasteiger partial charge < -0.3 is 10.0 Å². The summed E-state index contributed by atoms with van der Waals surface area (Å²) in [5.74, 6) is -2.70. The summed E-state index contributed by atoms with van der Waals surface area (Å²) in [4.78, 5) is 8.79. The highest BCUT2D eigenvalue weighted by atomic mass is 19.3. The predicted molar refractivity (Wildman–Crippen MR) is 66.4 cm³/mol. The van der Waals surface area contributed by atoms with Crippen molar-refractivity contribution in [3.63, 3.8) is 0 Å². The normalized spacial score (nSPS) is 22.9. The van der Waals surface area contributed by atoms with Crippen molar-refractivity contribution >= 4 is 5.82 Å². The fourth-order valence-corrected chi connectivity index (χ4v) is 2.86. The number of nitrogens with zero attached hydrogens (tertiary/aromatic N) is 3. The average molecular weight is 305 g/mol. The average Bonchev–Trinajstić information content (AvgIpc) is 3.23. The molecule has 2 fully saturated rings. The molecule has 2 heterocycles. The molecule has 0 aromatic carbocycles. The summed E-state index contributed by atoms with van der Waals surface area (Å²) in [7, 11) is 0. The standard InChI is InChI=1S/C13H15F4N3O/c14-11(15)10-8(6-21)19-9(5-18-10)20-4-3-12(1-2-12)13(16,17)7-20/h5,11,21H,1-4,6-7H2. The summed E-state index contributed by atoms with van der Waals surface area (Å²) in [6.07, 6.45) is -0.363.